The Morgan fingerprint density at radius 1 is 1.36 bits per heavy atom. The zero-order valence-electron chi connectivity index (χ0n) is 7.58. The predicted molar refractivity (Wildman–Crippen MR) is 55.9 cm³/mol. The Bertz CT molecular complexity index is 514. The molecule has 0 saturated carbocycles. The molecule has 1 N–H and O–H groups in total. The highest BCUT2D eigenvalue weighted by atomic mass is 16.1. The summed E-state index contributed by atoms with van der Waals surface area (Å²) in [5, 5.41) is 1.17. The number of nitrogens with one attached hydrogen (secondary N) is 1. The van der Waals surface area contributed by atoms with Gasteiger partial charge in [-0.25, -0.2) is 0 Å². The summed E-state index contributed by atoms with van der Waals surface area (Å²) < 4.78 is 0. The van der Waals surface area contributed by atoms with Gasteiger partial charge in [-0.3, -0.25) is 0 Å². The zero-order chi connectivity index (χ0) is 9.80. The zero-order valence-corrected chi connectivity index (χ0v) is 7.58. The summed E-state index contributed by atoms with van der Waals surface area (Å²) in [5.41, 5.74) is 2.00. The molecule has 0 amide bonds. The van der Waals surface area contributed by atoms with Gasteiger partial charge in [-0.2, -0.15) is 0 Å². The highest BCUT2D eigenvalue weighted by Crippen LogP contribution is 2.13. The van der Waals surface area contributed by atoms with E-state index in [9.17, 15) is 4.79 Å². The quantitative estimate of drug-likeness (QED) is 0.533. The monoisotopic (exact) mass is 183 g/mol. The maximum Gasteiger partial charge on any atom is 0.131 e. The fourth-order valence-electron chi connectivity index (χ4n) is 1.32. The van der Waals surface area contributed by atoms with Crippen LogP contribution in [0, 0.1) is 11.8 Å². The van der Waals surface area contributed by atoms with Crippen molar-refractivity contribution in [2.75, 3.05) is 0 Å². The Hall–Kier alpha value is -2.01. The number of fused-ring (bicyclic) bond motifs is 1. The number of carbonyl (C=O) groups is 1. The van der Waals surface area contributed by atoms with Crippen LogP contribution in [0.3, 0.4) is 0 Å². The summed E-state index contributed by atoms with van der Waals surface area (Å²) in [6.45, 7) is 0. The van der Waals surface area contributed by atoms with E-state index in [4.69, 9.17) is 0 Å². The molecular weight excluding hydrogens is 174 g/mol. The number of aromatic amines is 1. The number of hydrogen-bond acceptors (Lipinski definition) is 1. The molecule has 68 valence electrons. The Kier molecular flexibility index (Phi) is 2.33. The highest BCUT2D eigenvalue weighted by molar-refractivity contribution is 5.80. The van der Waals surface area contributed by atoms with E-state index < -0.39 is 0 Å². The second kappa shape index (κ2) is 3.80. The SMILES string of the molecule is O=CCC#Cc1ccc2cc[nH]c2c1. The number of hydrogen-bond donors (Lipinski definition) is 1. The minimum absolute atomic E-state index is 0.294. The number of carbonyl (C=O) groups excluding carboxylic acids is 1. The van der Waals surface area contributed by atoms with Crippen molar-refractivity contribution in [3.8, 4) is 11.8 Å². The van der Waals surface area contributed by atoms with Crippen LogP contribution in [0.25, 0.3) is 10.9 Å². The molecule has 0 bridgehead atoms. The average molecular weight is 183 g/mol. The number of benzene rings is 1. The van der Waals surface area contributed by atoms with Gasteiger partial charge >= 0.3 is 0 Å². The number of H-pyrrole nitrogens is 1. The number of aldehydes is 1. The standard InChI is InChI=1S/C12H9NO/c14-8-2-1-3-10-4-5-11-6-7-13-12(11)9-10/h4-9,13H,2H2. The lowest BCUT2D eigenvalue weighted by Crippen LogP contribution is -1.75. The third-order valence-electron chi connectivity index (χ3n) is 1.97. The minimum atomic E-state index is 0.294. The van der Waals surface area contributed by atoms with Gasteiger partial charge in [0.15, 0.2) is 0 Å². The van der Waals surface area contributed by atoms with Crippen molar-refractivity contribution in [3.05, 3.63) is 36.0 Å². The lowest BCUT2D eigenvalue weighted by Gasteiger charge is -1.90. The third-order valence-corrected chi connectivity index (χ3v) is 1.97. The van der Waals surface area contributed by atoms with Crippen LogP contribution in [0.15, 0.2) is 30.5 Å². The molecule has 1 aromatic carbocycles. The fraction of sp³-hybridized carbons (Fsp3) is 0.0833. The Morgan fingerprint density at radius 3 is 3.14 bits per heavy atom. The first kappa shape index (κ1) is 8.58. The molecule has 1 aromatic heterocycles. The Balaban J connectivity index is 2.35. The van der Waals surface area contributed by atoms with Crippen LogP contribution >= 0.6 is 0 Å². The molecule has 0 saturated heterocycles. The first-order chi connectivity index (χ1) is 6.90. The highest BCUT2D eigenvalue weighted by Gasteiger charge is 1.93. The number of aromatic nitrogens is 1. The Labute approximate surface area is 81.9 Å². The lowest BCUT2D eigenvalue weighted by atomic mass is 10.2. The van der Waals surface area contributed by atoms with Crippen molar-refractivity contribution in [1.82, 2.24) is 4.98 Å². The van der Waals surface area contributed by atoms with Crippen molar-refractivity contribution in [3.63, 3.8) is 0 Å². The van der Waals surface area contributed by atoms with E-state index in [2.05, 4.69) is 16.8 Å². The van der Waals surface area contributed by atoms with E-state index in [0.717, 1.165) is 17.4 Å². The van der Waals surface area contributed by atoms with Gasteiger partial charge in [-0.15, -0.1) is 0 Å². The summed E-state index contributed by atoms with van der Waals surface area (Å²) >= 11 is 0. The van der Waals surface area contributed by atoms with Crippen molar-refractivity contribution < 1.29 is 4.79 Å². The molecule has 0 atom stereocenters. The van der Waals surface area contributed by atoms with Crippen LogP contribution in [0.2, 0.25) is 0 Å². The van der Waals surface area contributed by atoms with Gasteiger partial charge in [0.2, 0.25) is 0 Å². The van der Waals surface area contributed by atoms with Gasteiger partial charge in [0.05, 0.1) is 6.42 Å². The van der Waals surface area contributed by atoms with Gasteiger partial charge in [0, 0.05) is 17.3 Å². The fourth-order valence-corrected chi connectivity index (χ4v) is 1.32. The van der Waals surface area contributed by atoms with Crippen LogP contribution in [0.1, 0.15) is 12.0 Å². The molecule has 0 radical (unpaired) electrons. The summed E-state index contributed by atoms with van der Waals surface area (Å²) in [4.78, 5) is 13.2. The van der Waals surface area contributed by atoms with E-state index in [1.54, 1.807) is 0 Å². The Morgan fingerprint density at radius 2 is 2.29 bits per heavy atom. The molecule has 0 aliphatic heterocycles. The summed E-state index contributed by atoms with van der Waals surface area (Å²) in [6, 6.07) is 7.95. The topological polar surface area (TPSA) is 32.9 Å². The molecule has 0 fully saturated rings. The molecule has 2 heteroatoms. The molecular formula is C12H9NO. The van der Waals surface area contributed by atoms with Crippen molar-refractivity contribution in [1.29, 1.82) is 0 Å². The first-order valence-electron chi connectivity index (χ1n) is 4.40. The van der Waals surface area contributed by atoms with E-state index in [-0.39, 0.29) is 0 Å². The predicted octanol–water partition coefficient (Wildman–Crippen LogP) is 2.11. The molecule has 0 unspecified atom stereocenters. The minimum Gasteiger partial charge on any atom is -0.361 e. The molecule has 2 rings (SSSR count). The molecule has 1 heterocycles. The second-order valence-corrected chi connectivity index (χ2v) is 2.95. The van der Waals surface area contributed by atoms with Crippen LogP contribution in [-0.4, -0.2) is 11.3 Å². The van der Waals surface area contributed by atoms with Crippen molar-refractivity contribution in [2.24, 2.45) is 0 Å². The van der Waals surface area contributed by atoms with Crippen LogP contribution < -0.4 is 0 Å². The van der Waals surface area contributed by atoms with Crippen molar-refractivity contribution in [2.45, 2.75) is 6.42 Å². The van der Waals surface area contributed by atoms with E-state index >= 15 is 0 Å². The molecule has 2 nitrogen and oxygen atoms in total. The largest absolute Gasteiger partial charge is 0.361 e. The van der Waals surface area contributed by atoms with Gasteiger partial charge < -0.3 is 9.78 Å². The maximum atomic E-state index is 10.1. The normalized spacial score (nSPS) is 9.43. The molecule has 2 aromatic rings. The second-order valence-electron chi connectivity index (χ2n) is 2.95. The molecule has 0 aliphatic rings. The molecule has 0 aliphatic carbocycles. The van der Waals surface area contributed by atoms with Crippen LogP contribution in [0.4, 0.5) is 0 Å². The molecule has 14 heavy (non-hydrogen) atoms. The van der Waals surface area contributed by atoms with Gasteiger partial charge in [-0.05, 0) is 23.6 Å². The summed E-state index contributed by atoms with van der Waals surface area (Å²) in [7, 11) is 0. The van der Waals surface area contributed by atoms with Crippen LogP contribution in [0.5, 0.6) is 0 Å². The van der Waals surface area contributed by atoms with E-state index in [1.165, 1.54) is 5.39 Å². The van der Waals surface area contributed by atoms with E-state index in [0.29, 0.717) is 6.42 Å². The van der Waals surface area contributed by atoms with Crippen LogP contribution in [-0.2, 0) is 4.79 Å². The van der Waals surface area contributed by atoms with Gasteiger partial charge in [-0.1, -0.05) is 17.9 Å². The smallest absolute Gasteiger partial charge is 0.131 e. The van der Waals surface area contributed by atoms with Gasteiger partial charge in [0.25, 0.3) is 0 Å². The van der Waals surface area contributed by atoms with E-state index in [1.807, 2.05) is 30.5 Å². The average Bonchev–Trinajstić information content (AvgIpc) is 2.65. The first-order valence-corrected chi connectivity index (χ1v) is 4.40. The van der Waals surface area contributed by atoms with Gasteiger partial charge in [0.1, 0.15) is 6.29 Å². The molecule has 0 spiro atoms. The lowest BCUT2D eigenvalue weighted by molar-refractivity contribution is -0.107. The third kappa shape index (κ3) is 1.67. The summed E-state index contributed by atoms with van der Waals surface area (Å²) in [5.74, 6) is 5.70. The number of rotatable bonds is 1. The van der Waals surface area contributed by atoms with Crippen molar-refractivity contribution >= 4 is 17.2 Å². The summed E-state index contributed by atoms with van der Waals surface area (Å²) in [6.07, 6.45) is 3.00. The maximum absolute atomic E-state index is 10.1.